The van der Waals surface area contributed by atoms with Crippen LogP contribution in [0.1, 0.15) is 49.9 Å². The molecule has 3 rings (SSSR count). The highest BCUT2D eigenvalue weighted by molar-refractivity contribution is 5.45. The first-order chi connectivity index (χ1) is 10.7. The molecule has 3 heterocycles. The molecule has 1 saturated heterocycles. The summed E-state index contributed by atoms with van der Waals surface area (Å²) in [6.45, 7) is 10.0. The maximum atomic E-state index is 5.78. The highest BCUT2D eigenvalue weighted by Crippen LogP contribution is 2.28. The van der Waals surface area contributed by atoms with Crippen LogP contribution in [0, 0.1) is 0 Å². The van der Waals surface area contributed by atoms with Crippen molar-refractivity contribution in [1.29, 1.82) is 0 Å². The van der Waals surface area contributed by atoms with E-state index in [1.165, 1.54) is 0 Å². The van der Waals surface area contributed by atoms with Crippen molar-refractivity contribution < 1.29 is 9.47 Å². The number of rotatable bonds is 5. The molecule has 0 atom stereocenters. The van der Waals surface area contributed by atoms with E-state index in [1.807, 2.05) is 6.07 Å². The van der Waals surface area contributed by atoms with Crippen molar-refractivity contribution >= 4 is 5.65 Å². The summed E-state index contributed by atoms with van der Waals surface area (Å²) >= 11 is 0. The van der Waals surface area contributed by atoms with Crippen LogP contribution in [0.2, 0.25) is 0 Å². The number of nitrogens with zero attached hydrogens (tertiary/aromatic N) is 3. The minimum Gasteiger partial charge on any atom is -0.473 e. The molecule has 118 valence electrons. The molecule has 0 aliphatic carbocycles. The van der Waals surface area contributed by atoms with Gasteiger partial charge in [0, 0.05) is 31.3 Å². The number of hydrogen-bond donors (Lipinski definition) is 0. The van der Waals surface area contributed by atoms with E-state index in [-0.39, 0.29) is 0 Å². The molecular formula is C17H23N3O2. The Balaban J connectivity index is 2.01. The first kappa shape index (κ1) is 15.0. The Bertz CT molecular complexity index is 657. The summed E-state index contributed by atoms with van der Waals surface area (Å²) in [5.74, 6) is 1.52. The fourth-order valence-corrected chi connectivity index (χ4v) is 2.72. The minimum atomic E-state index is 0.345. The Kier molecular flexibility index (Phi) is 4.43. The maximum Gasteiger partial charge on any atom is 0.218 e. The summed E-state index contributed by atoms with van der Waals surface area (Å²) in [5.41, 5.74) is 2.96. The Labute approximate surface area is 131 Å². The van der Waals surface area contributed by atoms with Crippen molar-refractivity contribution in [3.8, 4) is 5.88 Å². The summed E-state index contributed by atoms with van der Waals surface area (Å²) in [4.78, 5) is 4.72. The molecule has 22 heavy (non-hydrogen) atoms. The molecule has 1 aliphatic heterocycles. The molecule has 2 aromatic heterocycles. The molecule has 0 unspecified atom stereocenters. The average molecular weight is 301 g/mol. The Morgan fingerprint density at radius 1 is 1.41 bits per heavy atom. The number of fused-ring (bicyclic) bond motifs is 1. The topological polar surface area (TPSA) is 48.7 Å². The second-order valence-corrected chi connectivity index (χ2v) is 6.00. The van der Waals surface area contributed by atoms with E-state index in [2.05, 4.69) is 26.5 Å². The van der Waals surface area contributed by atoms with Crippen LogP contribution in [-0.4, -0.2) is 34.4 Å². The van der Waals surface area contributed by atoms with Crippen LogP contribution in [0.3, 0.4) is 0 Å². The van der Waals surface area contributed by atoms with Crippen LogP contribution < -0.4 is 4.74 Å². The SMILES string of the molecule is C=CCOc1cc(C(C)C)nc2cc(C3CCOCC3)nn12. The summed E-state index contributed by atoms with van der Waals surface area (Å²) in [5, 5.41) is 4.73. The van der Waals surface area contributed by atoms with Gasteiger partial charge in [-0.25, -0.2) is 4.98 Å². The minimum absolute atomic E-state index is 0.345. The van der Waals surface area contributed by atoms with Crippen LogP contribution in [0.4, 0.5) is 0 Å². The van der Waals surface area contributed by atoms with E-state index in [9.17, 15) is 0 Å². The van der Waals surface area contributed by atoms with Crippen molar-refractivity contribution in [2.75, 3.05) is 19.8 Å². The van der Waals surface area contributed by atoms with Gasteiger partial charge in [0.1, 0.15) is 6.61 Å². The molecule has 0 N–H and O–H groups in total. The lowest BCUT2D eigenvalue weighted by Gasteiger charge is -2.19. The van der Waals surface area contributed by atoms with E-state index >= 15 is 0 Å². The molecule has 2 aromatic rings. The molecular weight excluding hydrogens is 278 g/mol. The number of aromatic nitrogens is 3. The largest absolute Gasteiger partial charge is 0.473 e. The quantitative estimate of drug-likeness (QED) is 0.795. The van der Waals surface area contributed by atoms with Crippen molar-refractivity contribution in [2.24, 2.45) is 0 Å². The van der Waals surface area contributed by atoms with Gasteiger partial charge in [0.15, 0.2) is 5.65 Å². The molecule has 5 heteroatoms. The third-order valence-corrected chi connectivity index (χ3v) is 4.01. The fraction of sp³-hybridized carbons (Fsp3) is 0.529. The molecule has 0 saturated carbocycles. The van der Waals surface area contributed by atoms with Crippen LogP contribution in [0.15, 0.2) is 24.8 Å². The smallest absolute Gasteiger partial charge is 0.218 e. The Morgan fingerprint density at radius 2 is 2.18 bits per heavy atom. The lowest BCUT2D eigenvalue weighted by atomic mass is 9.97. The van der Waals surface area contributed by atoms with Crippen molar-refractivity contribution in [2.45, 2.75) is 38.5 Å². The van der Waals surface area contributed by atoms with Crippen LogP contribution >= 0.6 is 0 Å². The molecule has 0 bridgehead atoms. The predicted molar refractivity (Wildman–Crippen MR) is 85.6 cm³/mol. The van der Waals surface area contributed by atoms with Gasteiger partial charge in [-0.15, -0.1) is 0 Å². The van der Waals surface area contributed by atoms with Crippen molar-refractivity contribution in [3.05, 3.63) is 36.2 Å². The van der Waals surface area contributed by atoms with Gasteiger partial charge >= 0.3 is 0 Å². The lowest BCUT2D eigenvalue weighted by molar-refractivity contribution is 0.0844. The first-order valence-electron chi connectivity index (χ1n) is 7.91. The zero-order chi connectivity index (χ0) is 15.5. The van der Waals surface area contributed by atoms with E-state index < -0.39 is 0 Å². The summed E-state index contributed by atoms with van der Waals surface area (Å²) < 4.78 is 13.0. The highest BCUT2D eigenvalue weighted by atomic mass is 16.5. The van der Waals surface area contributed by atoms with Gasteiger partial charge in [0.25, 0.3) is 0 Å². The second-order valence-electron chi connectivity index (χ2n) is 6.00. The van der Waals surface area contributed by atoms with Gasteiger partial charge in [-0.3, -0.25) is 0 Å². The second kappa shape index (κ2) is 6.48. The summed E-state index contributed by atoms with van der Waals surface area (Å²) in [6, 6.07) is 4.06. The van der Waals surface area contributed by atoms with Gasteiger partial charge in [-0.05, 0) is 18.8 Å². The molecule has 0 amide bonds. The molecule has 1 fully saturated rings. The highest BCUT2D eigenvalue weighted by Gasteiger charge is 2.21. The standard InChI is InChI=1S/C17H23N3O2/c1-4-7-22-17-11-14(12(2)3)18-16-10-15(19-20(16)17)13-5-8-21-9-6-13/h4,10-13H,1,5-9H2,2-3H3. The summed E-state index contributed by atoms with van der Waals surface area (Å²) in [6.07, 6.45) is 3.78. The molecule has 0 aromatic carbocycles. The van der Waals surface area contributed by atoms with Gasteiger partial charge in [-0.2, -0.15) is 9.61 Å². The zero-order valence-electron chi connectivity index (χ0n) is 13.3. The van der Waals surface area contributed by atoms with Crippen molar-refractivity contribution in [1.82, 2.24) is 14.6 Å². The molecule has 5 nitrogen and oxygen atoms in total. The van der Waals surface area contributed by atoms with E-state index in [0.717, 1.165) is 49.0 Å². The zero-order valence-corrected chi connectivity index (χ0v) is 13.3. The Hall–Kier alpha value is -1.88. The van der Waals surface area contributed by atoms with Crippen LogP contribution in [0.5, 0.6) is 5.88 Å². The van der Waals surface area contributed by atoms with Crippen LogP contribution in [0.25, 0.3) is 5.65 Å². The predicted octanol–water partition coefficient (Wildman–Crippen LogP) is 3.31. The monoisotopic (exact) mass is 301 g/mol. The number of ether oxygens (including phenoxy) is 2. The molecule has 1 aliphatic rings. The maximum absolute atomic E-state index is 5.78. The molecule has 0 radical (unpaired) electrons. The van der Waals surface area contributed by atoms with Gasteiger partial charge < -0.3 is 9.47 Å². The third kappa shape index (κ3) is 2.99. The van der Waals surface area contributed by atoms with Gasteiger partial charge in [0.2, 0.25) is 5.88 Å². The van der Waals surface area contributed by atoms with Crippen LogP contribution in [-0.2, 0) is 4.74 Å². The first-order valence-corrected chi connectivity index (χ1v) is 7.91. The Morgan fingerprint density at radius 3 is 2.86 bits per heavy atom. The lowest BCUT2D eigenvalue weighted by Crippen LogP contribution is -2.14. The summed E-state index contributed by atoms with van der Waals surface area (Å²) in [7, 11) is 0. The average Bonchev–Trinajstić information content (AvgIpc) is 2.97. The van der Waals surface area contributed by atoms with Gasteiger partial charge in [-0.1, -0.05) is 26.5 Å². The van der Waals surface area contributed by atoms with E-state index in [0.29, 0.717) is 18.4 Å². The van der Waals surface area contributed by atoms with E-state index in [1.54, 1.807) is 10.6 Å². The van der Waals surface area contributed by atoms with Crippen molar-refractivity contribution in [3.63, 3.8) is 0 Å². The normalized spacial score (nSPS) is 16.3. The molecule has 0 spiro atoms. The van der Waals surface area contributed by atoms with Gasteiger partial charge in [0.05, 0.1) is 11.4 Å². The van der Waals surface area contributed by atoms with E-state index in [4.69, 9.17) is 19.6 Å². The third-order valence-electron chi connectivity index (χ3n) is 4.01. The fourth-order valence-electron chi connectivity index (χ4n) is 2.72. The number of hydrogen-bond acceptors (Lipinski definition) is 4.